The molecule has 0 atom stereocenters. The summed E-state index contributed by atoms with van der Waals surface area (Å²) in [6.45, 7) is 6.53. The van der Waals surface area contributed by atoms with E-state index in [-0.39, 0.29) is 0 Å². The summed E-state index contributed by atoms with van der Waals surface area (Å²) in [5.41, 5.74) is 3.78. The van der Waals surface area contributed by atoms with Crippen LogP contribution in [0.25, 0.3) is 5.69 Å². The molecule has 2 rings (SSSR count). The lowest BCUT2D eigenvalue weighted by molar-refractivity contribution is 0.841. The summed E-state index contributed by atoms with van der Waals surface area (Å²) in [6.07, 6.45) is 0. The lowest BCUT2D eigenvalue weighted by atomic mass is 10.0. The Hall–Kier alpha value is -0.930. The van der Waals surface area contributed by atoms with Crippen molar-refractivity contribution in [1.82, 2.24) is 4.57 Å². The Morgan fingerprint density at radius 2 is 1.94 bits per heavy atom. The van der Waals surface area contributed by atoms with Crippen molar-refractivity contribution in [2.75, 3.05) is 0 Å². The maximum atomic E-state index is 5.38. The molecule has 0 unspecified atom stereocenters. The maximum absolute atomic E-state index is 5.38. The minimum absolute atomic E-state index is 0.511. The molecule has 1 aromatic carbocycles. The van der Waals surface area contributed by atoms with Crippen molar-refractivity contribution in [3.05, 3.63) is 44.9 Å². The molecule has 2 aromatic rings. The molecule has 0 N–H and O–H groups in total. The van der Waals surface area contributed by atoms with Gasteiger partial charge in [-0.05, 0) is 36.7 Å². The standard InChI is InChI=1S/C13H15NS2/c1-9(2)11-6-4-5-7-12(11)14-10(3)8-16-13(14)15/h4-9H,1-3H3. The Balaban J connectivity index is 2.69. The summed E-state index contributed by atoms with van der Waals surface area (Å²) in [6, 6.07) is 8.48. The van der Waals surface area contributed by atoms with Gasteiger partial charge in [0.05, 0.1) is 5.69 Å². The van der Waals surface area contributed by atoms with Crippen LogP contribution in [0.4, 0.5) is 0 Å². The summed E-state index contributed by atoms with van der Waals surface area (Å²) >= 11 is 7.01. The molecule has 0 spiro atoms. The largest absolute Gasteiger partial charge is 0.296 e. The van der Waals surface area contributed by atoms with E-state index >= 15 is 0 Å². The van der Waals surface area contributed by atoms with Crippen molar-refractivity contribution in [2.45, 2.75) is 26.7 Å². The van der Waals surface area contributed by atoms with Crippen LogP contribution in [0.3, 0.4) is 0 Å². The summed E-state index contributed by atoms with van der Waals surface area (Å²) in [7, 11) is 0. The van der Waals surface area contributed by atoms with E-state index < -0.39 is 0 Å². The predicted molar refractivity (Wildman–Crippen MR) is 73.3 cm³/mol. The fourth-order valence-electron chi connectivity index (χ4n) is 1.85. The van der Waals surface area contributed by atoms with Crippen LogP contribution in [0.2, 0.25) is 0 Å². The molecule has 0 aliphatic rings. The van der Waals surface area contributed by atoms with Crippen LogP contribution < -0.4 is 0 Å². The van der Waals surface area contributed by atoms with Gasteiger partial charge >= 0.3 is 0 Å². The number of rotatable bonds is 2. The molecular formula is C13H15NS2. The van der Waals surface area contributed by atoms with Gasteiger partial charge in [0.1, 0.15) is 0 Å². The first-order valence-electron chi connectivity index (χ1n) is 5.37. The number of nitrogens with zero attached hydrogens (tertiary/aromatic N) is 1. The highest BCUT2D eigenvalue weighted by Crippen LogP contribution is 2.25. The third-order valence-electron chi connectivity index (χ3n) is 2.67. The topological polar surface area (TPSA) is 4.93 Å². The Morgan fingerprint density at radius 3 is 2.50 bits per heavy atom. The highest BCUT2D eigenvalue weighted by Gasteiger charge is 2.10. The van der Waals surface area contributed by atoms with Crippen molar-refractivity contribution in [2.24, 2.45) is 0 Å². The van der Waals surface area contributed by atoms with E-state index in [1.807, 2.05) is 0 Å². The molecule has 0 saturated carbocycles. The third kappa shape index (κ3) is 1.97. The van der Waals surface area contributed by atoms with Crippen LogP contribution >= 0.6 is 23.6 Å². The van der Waals surface area contributed by atoms with Crippen LogP contribution in [0.15, 0.2) is 29.6 Å². The molecule has 1 aromatic heterocycles. The summed E-state index contributed by atoms with van der Waals surface area (Å²) in [5, 5.41) is 2.11. The first-order chi connectivity index (χ1) is 7.61. The number of hydrogen-bond acceptors (Lipinski definition) is 2. The van der Waals surface area contributed by atoms with Crippen LogP contribution in [-0.2, 0) is 0 Å². The highest BCUT2D eigenvalue weighted by atomic mass is 32.1. The third-order valence-corrected chi connectivity index (χ3v) is 3.98. The minimum Gasteiger partial charge on any atom is -0.296 e. The SMILES string of the molecule is Cc1csc(=S)n1-c1ccccc1C(C)C. The molecule has 16 heavy (non-hydrogen) atoms. The molecule has 0 bridgehead atoms. The molecule has 0 amide bonds. The van der Waals surface area contributed by atoms with Gasteiger partial charge in [0.15, 0.2) is 3.95 Å². The van der Waals surface area contributed by atoms with E-state index in [2.05, 4.69) is 55.0 Å². The molecule has 0 aliphatic carbocycles. The second-order valence-electron chi connectivity index (χ2n) is 4.19. The van der Waals surface area contributed by atoms with Crippen LogP contribution in [0, 0.1) is 10.9 Å². The number of benzene rings is 1. The molecule has 3 heteroatoms. The molecular weight excluding hydrogens is 234 g/mol. The summed E-state index contributed by atoms with van der Waals surface area (Å²) < 4.78 is 3.08. The number of aryl methyl sites for hydroxylation is 1. The van der Waals surface area contributed by atoms with Gasteiger partial charge in [0.2, 0.25) is 0 Å². The van der Waals surface area contributed by atoms with E-state index in [9.17, 15) is 0 Å². The zero-order chi connectivity index (χ0) is 11.7. The Morgan fingerprint density at radius 1 is 1.25 bits per heavy atom. The van der Waals surface area contributed by atoms with Gasteiger partial charge in [-0.1, -0.05) is 32.0 Å². The molecule has 0 aliphatic heterocycles. The van der Waals surface area contributed by atoms with Crippen molar-refractivity contribution in [3.8, 4) is 5.69 Å². The highest BCUT2D eigenvalue weighted by molar-refractivity contribution is 7.73. The fourth-order valence-corrected chi connectivity index (χ4v) is 2.96. The first kappa shape index (κ1) is 11.6. The monoisotopic (exact) mass is 249 g/mol. The lowest BCUT2D eigenvalue weighted by Crippen LogP contribution is -2.02. The van der Waals surface area contributed by atoms with Crippen molar-refractivity contribution >= 4 is 23.6 Å². The lowest BCUT2D eigenvalue weighted by Gasteiger charge is -2.14. The van der Waals surface area contributed by atoms with Gasteiger partial charge in [0, 0.05) is 11.1 Å². The van der Waals surface area contributed by atoms with Gasteiger partial charge < -0.3 is 0 Å². The molecule has 0 radical (unpaired) electrons. The second kappa shape index (κ2) is 4.52. The van der Waals surface area contributed by atoms with E-state index in [0.717, 1.165) is 3.95 Å². The second-order valence-corrected chi connectivity index (χ2v) is 5.70. The van der Waals surface area contributed by atoms with Crippen LogP contribution in [-0.4, -0.2) is 4.57 Å². The average molecular weight is 249 g/mol. The molecule has 84 valence electrons. The number of thiazole rings is 1. The zero-order valence-electron chi connectivity index (χ0n) is 9.73. The fraction of sp³-hybridized carbons (Fsp3) is 0.308. The van der Waals surface area contributed by atoms with E-state index in [4.69, 9.17) is 12.2 Å². The van der Waals surface area contributed by atoms with Gasteiger partial charge in [0.25, 0.3) is 0 Å². The van der Waals surface area contributed by atoms with Crippen LogP contribution in [0.1, 0.15) is 31.0 Å². The molecule has 0 fully saturated rings. The maximum Gasteiger partial charge on any atom is 0.165 e. The zero-order valence-corrected chi connectivity index (χ0v) is 11.4. The number of para-hydroxylation sites is 1. The van der Waals surface area contributed by atoms with Gasteiger partial charge in [-0.2, -0.15) is 0 Å². The quantitative estimate of drug-likeness (QED) is 0.698. The van der Waals surface area contributed by atoms with E-state index in [0.29, 0.717) is 5.92 Å². The van der Waals surface area contributed by atoms with Gasteiger partial charge in [-0.15, -0.1) is 11.3 Å². The normalized spacial score (nSPS) is 11.0. The first-order valence-corrected chi connectivity index (χ1v) is 6.66. The number of aromatic nitrogens is 1. The van der Waals surface area contributed by atoms with Crippen LogP contribution in [0.5, 0.6) is 0 Å². The van der Waals surface area contributed by atoms with Gasteiger partial charge in [-0.3, -0.25) is 4.57 Å². The van der Waals surface area contributed by atoms with Crippen molar-refractivity contribution in [1.29, 1.82) is 0 Å². The van der Waals surface area contributed by atoms with E-state index in [1.54, 1.807) is 11.3 Å². The summed E-state index contributed by atoms with van der Waals surface area (Å²) in [5.74, 6) is 0.511. The average Bonchev–Trinajstić information content (AvgIpc) is 2.58. The minimum atomic E-state index is 0.511. The number of hydrogen-bond donors (Lipinski definition) is 0. The smallest absolute Gasteiger partial charge is 0.165 e. The van der Waals surface area contributed by atoms with Gasteiger partial charge in [-0.25, -0.2) is 0 Å². The molecule has 1 nitrogen and oxygen atoms in total. The van der Waals surface area contributed by atoms with E-state index in [1.165, 1.54) is 16.9 Å². The van der Waals surface area contributed by atoms with Crippen molar-refractivity contribution in [3.63, 3.8) is 0 Å². The summed E-state index contributed by atoms with van der Waals surface area (Å²) in [4.78, 5) is 0. The predicted octanol–water partition coefficient (Wildman–Crippen LogP) is 4.70. The Labute approximate surface area is 105 Å². The Kier molecular flexibility index (Phi) is 3.26. The molecule has 1 heterocycles. The van der Waals surface area contributed by atoms with Crippen molar-refractivity contribution < 1.29 is 0 Å². The Bertz CT molecular complexity index is 549. The molecule has 0 saturated heterocycles.